The van der Waals surface area contributed by atoms with Crippen molar-refractivity contribution in [2.45, 2.75) is 129 Å². The van der Waals surface area contributed by atoms with E-state index in [4.69, 9.17) is 18.0 Å². The van der Waals surface area contributed by atoms with Gasteiger partial charge in [0.2, 0.25) is 8.32 Å². The van der Waals surface area contributed by atoms with Crippen LogP contribution in [0, 0.1) is 0 Å². The van der Waals surface area contributed by atoms with Gasteiger partial charge in [-0.05, 0) is 39.8 Å². The second kappa shape index (κ2) is 14.6. The van der Waals surface area contributed by atoms with Gasteiger partial charge in [-0.2, -0.15) is 4.79 Å². The Morgan fingerprint density at radius 3 is 1.68 bits per heavy atom. The van der Waals surface area contributed by atoms with Gasteiger partial charge in [0.15, 0.2) is 5.76 Å². The smallest absolute Gasteiger partial charge is 0.397 e. The molecule has 1 unspecified atom stereocenters. The van der Waals surface area contributed by atoms with Crippen LogP contribution in [0.1, 0.15) is 112 Å². The number of carbonyl (C=O) groups is 2. The summed E-state index contributed by atoms with van der Waals surface area (Å²) in [4.78, 5) is 29.8. The number of esters is 1. The highest BCUT2D eigenvalue weighted by molar-refractivity contribution is 6.78. The Morgan fingerprint density at radius 2 is 1.30 bits per heavy atom. The third-order valence-corrected chi connectivity index (χ3v) is 20.6. The Bertz CT molecular complexity index is 1040. The van der Waals surface area contributed by atoms with Crippen LogP contribution in [0.4, 0.5) is 0 Å². The molecule has 0 amide bonds. The molecule has 0 aliphatic carbocycles. The number of nitrogens with zero attached hydrogens (tertiary/aromatic N) is 2. The lowest BCUT2D eigenvalue weighted by Crippen LogP contribution is -2.49. The molecule has 0 aliphatic heterocycles. The summed E-state index contributed by atoms with van der Waals surface area (Å²) >= 11 is 0. The number of methoxy groups -OCH3 is 1. The quantitative estimate of drug-likeness (QED) is 0.0474. The molecule has 0 aliphatic rings. The zero-order chi connectivity index (χ0) is 31.2. The van der Waals surface area contributed by atoms with E-state index in [9.17, 15) is 15.1 Å². The van der Waals surface area contributed by atoms with Gasteiger partial charge in [-0.25, -0.2) is 4.79 Å². The third kappa shape index (κ3) is 7.13. The third-order valence-electron chi connectivity index (χ3n) is 8.50. The lowest BCUT2D eigenvalue weighted by molar-refractivity contribution is -0.119. The van der Waals surface area contributed by atoms with Crippen LogP contribution < -0.4 is 0 Å². The second-order valence-corrected chi connectivity index (χ2v) is 23.4. The molecule has 0 N–H and O–H groups in total. The largest absolute Gasteiger partial charge is 0.538 e. The molecule has 0 radical (unpaired) electrons. The summed E-state index contributed by atoms with van der Waals surface area (Å²) in [6.07, 6.45) is 1.72. The molecular formula is C30H52N2O6Si2. The molecule has 40 heavy (non-hydrogen) atoms. The van der Waals surface area contributed by atoms with Crippen LogP contribution in [0.25, 0.3) is 5.53 Å². The maximum atomic E-state index is 13.8. The molecule has 0 spiro atoms. The molecule has 0 saturated carbocycles. The molecule has 1 rings (SSSR count). The van der Waals surface area contributed by atoms with Crippen molar-refractivity contribution in [1.82, 2.24) is 0 Å². The van der Waals surface area contributed by atoms with Crippen LogP contribution in [0.2, 0.25) is 33.2 Å². The summed E-state index contributed by atoms with van der Waals surface area (Å²) in [7, 11) is -3.70. The second-order valence-electron chi connectivity index (χ2n) is 12.6. The van der Waals surface area contributed by atoms with E-state index in [0.29, 0.717) is 5.56 Å². The first kappa shape index (κ1) is 35.8. The zero-order valence-corrected chi connectivity index (χ0v) is 29.0. The van der Waals surface area contributed by atoms with Crippen LogP contribution in [0.5, 0.6) is 0 Å². The number of ketones is 1. The van der Waals surface area contributed by atoms with Gasteiger partial charge >= 0.3 is 11.7 Å². The fraction of sp³-hybridized carbons (Fsp3) is 0.700. The Morgan fingerprint density at radius 1 is 0.850 bits per heavy atom. The van der Waals surface area contributed by atoms with Gasteiger partial charge in [0.1, 0.15) is 11.8 Å². The highest BCUT2D eigenvalue weighted by Gasteiger charge is 2.50. The van der Waals surface area contributed by atoms with Crippen molar-refractivity contribution in [2.24, 2.45) is 0 Å². The maximum Gasteiger partial charge on any atom is 0.397 e. The average molecular weight is 593 g/mol. The molecular weight excluding hydrogens is 541 g/mol. The molecule has 0 aromatic carbocycles. The number of carbonyl (C=O) groups excluding carboxylic acids is 2. The van der Waals surface area contributed by atoms with Gasteiger partial charge in [0.25, 0.3) is 14.1 Å². The predicted octanol–water partition coefficient (Wildman–Crippen LogP) is 8.64. The van der Waals surface area contributed by atoms with Gasteiger partial charge in [-0.1, -0.05) is 83.1 Å². The minimum absolute atomic E-state index is 0.0643. The number of hydrogen-bond acceptors (Lipinski definition) is 6. The Kier molecular flexibility index (Phi) is 13.0. The monoisotopic (exact) mass is 592 g/mol. The molecule has 10 heteroatoms. The molecule has 1 heterocycles. The Balaban J connectivity index is 3.62. The average Bonchev–Trinajstić information content (AvgIpc) is 3.33. The molecule has 226 valence electrons. The lowest BCUT2D eigenvalue weighted by Gasteiger charge is -2.44. The molecule has 0 fully saturated rings. The normalized spacial score (nSPS) is 13.4. The van der Waals surface area contributed by atoms with Crippen molar-refractivity contribution < 1.29 is 32.4 Å². The van der Waals surface area contributed by atoms with Crippen molar-refractivity contribution >= 4 is 34.1 Å². The lowest BCUT2D eigenvalue weighted by atomic mass is 10.0. The first-order valence-electron chi connectivity index (χ1n) is 14.4. The van der Waals surface area contributed by atoms with Crippen LogP contribution in [0.3, 0.4) is 0 Å². The van der Waals surface area contributed by atoms with Crippen molar-refractivity contribution in [2.75, 3.05) is 7.11 Å². The first-order chi connectivity index (χ1) is 18.4. The standard InChI is InChI=1S/C30H52N2O6Si2/c1-18(2)39(19(3)4,20(5)6)37-24(13)29(32-31)27(33)15-28(25-16-36-17-26(25)30(34)35-14)38-40(21(7)8,22(9)10)23(11)12/h16-23,28H,13,15H2,1-12,14H3. The van der Waals surface area contributed by atoms with E-state index in [2.05, 4.69) is 94.5 Å². The molecule has 8 nitrogen and oxygen atoms in total. The summed E-state index contributed by atoms with van der Waals surface area (Å²) in [6, 6.07) is 0. The first-order valence-corrected chi connectivity index (χ1v) is 18.7. The Labute approximate surface area is 243 Å². The van der Waals surface area contributed by atoms with Crippen LogP contribution in [0.15, 0.2) is 29.3 Å². The summed E-state index contributed by atoms with van der Waals surface area (Å²) in [5.41, 5.74) is 11.8. The number of furan rings is 1. The highest BCUT2D eigenvalue weighted by Crippen LogP contribution is 2.47. The predicted molar refractivity (Wildman–Crippen MR) is 164 cm³/mol. The van der Waals surface area contributed by atoms with Crippen molar-refractivity contribution in [3.63, 3.8) is 0 Å². The Hall–Kier alpha value is -2.27. The summed E-state index contributed by atoms with van der Waals surface area (Å²) in [5.74, 6) is -1.01. The van der Waals surface area contributed by atoms with E-state index in [-0.39, 0.29) is 56.7 Å². The topological polar surface area (TPSA) is 111 Å². The minimum Gasteiger partial charge on any atom is -0.538 e. The van der Waals surface area contributed by atoms with E-state index in [1.54, 1.807) is 0 Å². The van der Waals surface area contributed by atoms with Gasteiger partial charge in [0, 0.05) is 12.0 Å². The van der Waals surface area contributed by atoms with E-state index in [1.807, 2.05) is 0 Å². The summed E-state index contributed by atoms with van der Waals surface area (Å²) in [6.45, 7) is 29.7. The van der Waals surface area contributed by atoms with Crippen molar-refractivity contribution in [3.8, 4) is 0 Å². The van der Waals surface area contributed by atoms with E-state index in [0.717, 1.165) is 0 Å². The molecule has 1 aromatic rings. The summed E-state index contributed by atoms with van der Waals surface area (Å²) < 4.78 is 24.0. The van der Waals surface area contributed by atoms with Crippen molar-refractivity contribution in [3.05, 3.63) is 41.5 Å². The van der Waals surface area contributed by atoms with Gasteiger partial charge in [-0.15, -0.1) is 0 Å². The highest BCUT2D eigenvalue weighted by atomic mass is 28.4. The SMILES string of the molecule is C=C(O[Si](C(C)C)(C(C)C)C(C)C)C(=[N+]=[N-])C(=O)CC(O[Si](C(C)C)(C(C)C)C(C)C)c1cocc1C(=O)OC. The van der Waals surface area contributed by atoms with E-state index >= 15 is 0 Å². The van der Waals surface area contributed by atoms with E-state index in [1.165, 1.54) is 19.6 Å². The fourth-order valence-electron chi connectivity index (χ4n) is 6.85. The number of ether oxygens (including phenoxy) is 1. The number of rotatable bonds is 16. The minimum atomic E-state index is -2.53. The molecule has 0 saturated heterocycles. The molecule has 0 bridgehead atoms. The van der Waals surface area contributed by atoms with Crippen LogP contribution >= 0.6 is 0 Å². The number of Topliss-reactive ketones (excluding diaryl/α,β-unsaturated/α-hetero) is 1. The molecule has 1 aromatic heterocycles. The fourth-order valence-corrected chi connectivity index (χ4v) is 17.6. The van der Waals surface area contributed by atoms with Crippen molar-refractivity contribution in [1.29, 1.82) is 0 Å². The number of hydrogen-bond donors (Lipinski definition) is 0. The van der Waals surface area contributed by atoms with Crippen LogP contribution in [-0.2, 0) is 18.4 Å². The summed E-state index contributed by atoms with van der Waals surface area (Å²) in [5, 5.41) is 0. The number of allylic oxidation sites excluding steroid dienone is 1. The van der Waals surface area contributed by atoms with Gasteiger partial charge in [0.05, 0.1) is 19.5 Å². The maximum absolute atomic E-state index is 13.8. The van der Waals surface area contributed by atoms with Crippen LogP contribution in [-0.4, -0.2) is 46.0 Å². The molecule has 1 atom stereocenters. The van der Waals surface area contributed by atoms with Gasteiger partial charge in [-0.3, -0.25) is 4.79 Å². The van der Waals surface area contributed by atoms with Gasteiger partial charge < -0.3 is 23.5 Å². The van der Waals surface area contributed by atoms with E-state index < -0.39 is 34.5 Å². The zero-order valence-electron chi connectivity index (χ0n) is 27.0.